The van der Waals surface area contributed by atoms with Crippen LogP contribution in [0, 0.1) is 6.92 Å². The van der Waals surface area contributed by atoms with Crippen molar-refractivity contribution in [3.05, 3.63) is 59.4 Å². The van der Waals surface area contributed by atoms with Gasteiger partial charge in [0, 0.05) is 17.7 Å². The number of benzene rings is 1. The first kappa shape index (κ1) is 15.7. The third-order valence-corrected chi connectivity index (χ3v) is 4.64. The molecule has 0 saturated heterocycles. The SMILES string of the molecule is CCc1ccc(-c2nc3cc(C)ccn3c2C(C)C(N)=S)cc1. The van der Waals surface area contributed by atoms with Crippen LogP contribution in [0.4, 0.5) is 0 Å². The Bertz CT molecular complexity index is 862. The number of hydrogen-bond acceptors (Lipinski definition) is 2. The van der Waals surface area contributed by atoms with Crippen molar-refractivity contribution in [1.82, 2.24) is 9.38 Å². The van der Waals surface area contributed by atoms with E-state index in [-0.39, 0.29) is 5.92 Å². The summed E-state index contributed by atoms with van der Waals surface area (Å²) >= 11 is 5.24. The number of hydrogen-bond donors (Lipinski definition) is 1. The standard InChI is InChI=1S/C19H21N3S/c1-4-14-5-7-15(8-6-14)17-18(13(3)19(20)23)22-10-9-12(2)11-16(22)21-17/h5-11,13H,4H2,1-3H3,(H2,20,23). The molecule has 2 aromatic heterocycles. The molecule has 23 heavy (non-hydrogen) atoms. The van der Waals surface area contributed by atoms with Crippen molar-refractivity contribution in [3.63, 3.8) is 0 Å². The predicted molar refractivity (Wildman–Crippen MR) is 99.9 cm³/mol. The highest BCUT2D eigenvalue weighted by atomic mass is 32.1. The van der Waals surface area contributed by atoms with Crippen molar-refractivity contribution < 1.29 is 0 Å². The summed E-state index contributed by atoms with van der Waals surface area (Å²) in [5, 5.41) is 0. The normalized spacial score (nSPS) is 12.5. The van der Waals surface area contributed by atoms with Crippen LogP contribution >= 0.6 is 12.2 Å². The Morgan fingerprint density at radius 3 is 2.57 bits per heavy atom. The van der Waals surface area contributed by atoms with Gasteiger partial charge in [0.05, 0.1) is 16.4 Å². The Hall–Kier alpha value is -2.20. The summed E-state index contributed by atoms with van der Waals surface area (Å²) in [7, 11) is 0. The minimum absolute atomic E-state index is 0.0384. The molecular weight excluding hydrogens is 302 g/mol. The number of imidazole rings is 1. The number of fused-ring (bicyclic) bond motifs is 1. The van der Waals surface area contributed by atoms with E-state index in [1.165, 1.54) is 11.1 Å². The number of thiocarbonyl (C=S) groups is 1. The van der Waals surface area contributed by atoms with E-state index in [9.17, 15) is 0 Å². The molecule has 0 saturated carbocycles. The van der Waals surface area contributed by atoms with Gasteiger partial charge in [0.1, 0.15) is 5.65 Å². The molecule has 0 fully saturated rings. The maximum atomic E-state index is 5.93. The zero-order valence-electron chi connectivity index (χ0n) is 13.7. The van der Waals surface area contributed by atoms with Crippen molar-refractivity contribution >= 4 is 22.9 Å². The number of aromatic nitrogens is 2. The zero-order chi connectivity index (χ0) is 16.6. The average molecular weight is 323 g/mol. The molecule has 0 spiro atoms. The van der Waals surface area contributed by atoms with E-state index >= 15 is 0 Å². The molecule has 0 aliphatic carbocycles. The van der Waals surface area contributed by atoms with Crippen LogP contribution in [-0.4, -0.2) is 14.4 Å². The first-order chi connectivity index (χ1) is 11.0. The fourth-order valence-corrected chi connectivity index (χ4v) is 2.94. The maximum Gasteiger partial charge on any atom is 0.137 e. The number of nitrogens with zero attached hydrogens (tertiary/aromatic N) is 2. The lowest BCUT2D eigenvalue weighted by atomic mass is 10.0. The van der Waals surface area contributed by atoms with Crippen LogP contribution in [-0.2, 0) is 6.42 Å². The Kier molecular flexibility index (Phi) is 4.18. The Balaban J connectivity index is 2.25. The van der Waals surface area contributed by atoms with E-state index in [1.807, 2.05) is 13.1 Å². The molecule has 1 unspecified atom stereocenters. The molecule has 3 nitrogen and oxygen atoms in total. The van der Waals surface area contributed by atoms with Gasteiger partial charge in [0.15, 0.2) is 0 Å². The van der Waals surface area contributed by atoms with Crippen LogP contribution in [0.5, 0.6) is 0 Å². The van der Waals surface area contributed by atoms with E-state index in [1.54, 1.807) is 0 Å². The van der Waals surface area contributed by atoms with Crippen molar-refractivity contribution in [3.8, 4) is 11.3 Å². The number of nitrogens with two attached hydrogens (primary N) is 1. The fourth-order valence-electron chi connectivity index (χ4n) is 2.82. The minimum atomic E-state index is -0.0384. The van der Waals surface area contributed by atoms with Crippen LogP contribution in [0.15, 0.2) is 42.6 Å². The van der Waals surface area contributed by atoms with Gasteiger partial charge in [0.2, 0.25) is 0 Å². The Labute approximate surface area is 142 Å². The summed E-state index contributed by atoms with van der Waals surface area (Å²) in [6.07, 6.45) is 3.08. The van der Waals surface area contributed by atoms with Gasteiger partial charge in [-0.25, -0.2) is 4.98 Å². The second kappa shape index (κ2) is 6.13. The monoisotopic (exact) mass is 323 g/mol. The molecule has 0 bridgehead atoms. The summed E-state index contributed by atoms with van der Waals surface area (Å²) in [5.41, 5.74) is 12.5. The van der Waals surface area contributed by atoms with Crippen LogP contribution in [0.25, 0.3) is 16.9 Å². The summed E-state index contributed by atoms with van der Waals surface area (Å²) in [6.45, 7) is 6.26. The molecule has 118 valence electrons. The maximum absolute atomic E-state index is 5.93. The highest BCUT2D eigenvalue weighted by Crippen LogP contribution is 2.31. The van der Waals surface area contributed by atoms with Gasteiger partial charge in [-0.05, 0) is 36.6 Å². The summed E-state index contributed by atoms with van der Waals surface area (Å²) in [6, 6.07) is 12.7. The van der Waals surface area contributed by atoms with Crippen LogP contribution < -0.4 is 5.73 Å². The third kappa shape index (κ3) is 2.86. The van der Waals surface area contributed by atoms with Crippen LogP contribution in [0.1, 0.15) is 36.6 Å². The van der Waals surface area contributed by atoms with Crippen molar-refractivity contribution in [2.75, 3.05) is 0 Å². The predicted octanol–water partition coefficient (Wildman–Crippen LogP) is 4.26. The lowest BCUT2D eigenvalue weighted by Crippen LogP contribution is -2.18. The van der Waals surface area contributed by atoms with E-state index in [0.717, 1.165) is 29.0 Å². The molecule has 2 heterocycles. The Morgan fingerprint density at radius 2 is 1.96 bits per heavy atom. The Morgan fingerprint density at radius 1 is 1.26 bits per heavy atom. The van der Waals surface area contributed by atoms with Gasteiger partial charge in [-0.1, -0.05) is 50.3 Å². The summed E-state index contributed by atoms with van der Waals surface area (Å²) < 4.78 is 2.10. The second-order valence-corrected chi connectivity index (χ2v) is 6.42. The van der Waals surface area contributed by atoms with Crippen molar-refractivity contribution in [2.24, 2.45) is 5.73 Å². The van der Waals surface area contributed by atoms with E-state index in [0.29, 0.717) is 4.99 Å². The molecule has 3 rings (SSSR count). The highest BCUT2D eigenvalue weighted by molar-refractivity contribution is 7.80. The van der Waals surface area contributed by atoms with Gasteiger partial charge in [-0.15, -0.1) is 0 Å². The average Bonchev–Trinajstić information content (AvgIpc) is 2.92. The largest absolute Gasteiger partial charge is 0.393 e. The molecule has 0 amide bonds. The molecule has 2 N–H and O–H groups in total. The molecular formula is C19H21N3S. The van der Waals surface area contributed by atoms with E-state index < -0.39 is 0 Å². The molecule has 1 aromatic carbocycles. The van der Waals surface area contributed by atoms with Gasteiger partial charge < -0.3 is 10.1 Å². The van der Waals surface area contributed by atoms with Crippen LogP contribution in [0.3, 0.4) is 0 Å². The van der Waals surface area contributed by atoms with Gasteiger partial charge in [-0.3, -0.25) is 0 Å². The molecule has 0 aliphatic heterocycles. The van der Waals surface area contributed by atoms with E-state index in [4.69, 9.17) is 22.9 Å². The summed E-state index contributed by atoms with van der Waals surface area (Å²) in [4.78, 5) is 5.34. The lowest BCUT2D eigenvalue weighted by molar-refractivity contribution is 0.929. The second-order valence-electron chi connectivity index (χ2n) is 5.95. The molecule has 3 aromatic rings. The molecule has 0 aliphatic rings. The van der Waals surface area contributed by atoms with Crippen molar-refractivity contribution in [2.45, 2.75) is 33.1 Å². The van der Waals surface area contributed by atoms with E-state index in [2.05, 4.69) is 54.6 Å². The number of pyridine rings is 1. The molecule has 4 heteroatoms. The van der Waals surface area contributed by atoms with Crippen LogP contribution in [0.2, 0.25) is 0 Å². The molecule has 0 radical (unpaired) electrons. The molecule has 1 atom stereocenters. The first-order valence-corrected chi connectivity index (χ1v) is 8.29. The van der Waals surface area contributed by atoms with Gasteiger partial charge in [0.25, 0.3) is 0 Å². The third-order valence-electron chi connectivity index (χ3n) is 4.29. The minimum Gasteiger partial charge on any atom is -0.393 e. The lowest BCUT2D eigenvalue weighted by Gasteiger charge is -2.12. The topological polar surface area (TPSA) is 43.3 Å². The fraction of sp³-hybridized carbons (Fsp3) is 0.263. The number of rotatable bonds is 4. The smallest absolute Gasteiger partial charge is 0.137 e. The quantitative estimate of drug-likeness (QED) is 0.730. The zero-order valence-corrected chi connectivity index (χ0v) is 14.5. The number of aryl methyl sites for hydroxylation is 2. The highest BCUT2D eigenvalue weighted by Gasteiger charge is 2.21. The van der Waals surface area contributed by atoms with Gasteiger partial charge in [-0.2, -0.15) is 0 Å². The first-order valence-electron chi connectivity index (χ1n) is 7.88. The van der Waals surface area contributed by atoms with Gasteiger partial charge >= 0.3 is 0 Å². The summed E-state index contributed by atoms with van der Waals surface area (Å²) in [5.74, 6) is -0.0384. The van der Waals surface area contributed by atoms with Crippen molar-refractivity contribution in [1.29, 1.82) is 0 Å².